The number of amidine groups is 1. The van der Waals surface area contributed by atoms with Crippen molar-refractivity contribution in [2.75, 3.05) is 0 Å². The lowest BCUT2D eigenvalue weighted by molar-refractivity contribution is -0.130. The van der Waals surface area contributed by atoms with E-state index >= 15 is 0 Å². The number of nitrogens with one attached hydrogen (secondary N) is 1. The van der Waals surface area contributed by atoms with E-state index in [1.54, 1.807) is 4.90 Å². The number of phenols is 1. The number of carbonyl (C=O) groups excluding carboxylic acids is 2. The fraction of sp³-hybridized carbons (Fsp3) is 0.609. The summed E-state index contributed by atoms with van der Waals surface area (Å²) in [6, 6.07) is -2.25. The number of urea groups is 1. The fourth-order valence-corrected chi connectivity index (χ4v) is 5.19. The minimum absolute atomic E-state index is 0.119. The quantitative estimate of drug-likeness (QED) is 0.289. The molecule has 1 unspecified atom stereocenters. The van der Waals surface area contributed by atoms with Crippen molar-refractivity contribution >= 4 is 17.8 Å². The van der Waals surface area contributed by atoms with Gasteiger partial charge in [-0.05, 0) is 45.4 Å². The summed E-state index contributed by atoms with van der Waals surface area (Å²) in [4.78, 5) is 28.8. The molecule has 0 aromatic heterocycles. The number of halogens is 3. The summed E-state index contributed by atoms with van der Waals surface area (Å²) < 4.78 is 44.2. The maximum atomic E-state index is 14.9. The Morgan fingerprint density at radius 2 is 1.74 bits per heavy atom. The largest absolute Gasteiger partial charge is 0.504 e. The zero-order valence-electron chi connectivity index (χ0n) is 19.4. The second-order valence-corrected chi connectivity index (χ2v) is 9.35. The Morgan fingerprint density at radius 3 is 2.29 bits per heavy atom. The van der Waals surface area contributed by atoms with Crippen molar-refractivity contribution in [2.24, 2.45) is 17.4 Å². The molecule has 34 heavy (non-hydrogen) atoms. The number of amides is 3. The minimum Gasteiger partial charge on any atom is -0.504 e. The van der Waals surface area contributed by atoms with Gasteiger partial charge in [0.25, 0.3) is 0 Å². The van der Waals surface area contributed by atoms with Gasteiger partial charge in [-0.2, -0.15) is 0 Å². The molecule has 3 rings (SSSR count). The number of benzene rings is 1. The van der Waals surface area contributed by atoms with Crippen LogP contribution in [0.1, 0.15) is 69.9 Å². The van der Waals surface area contributed by atoms with Gasteiger partial charge in [-0.25, -0.2) is 18.0 Å². The molecule has 1 aromatic rings. The number of hydrogen-bond acceptors (Lipinski definition) is 5. The van der Waals surface area contributed by atoms with E-state index in [2.05, 4.69) is 0 Å². The zero-order valence-corrected chi connectivity index (χ0v) is 19.4. The Hall–Kier alpha value is -2.82. The number of nitrogen functional groups attached to an aromatic ring is 1. The second-order valence-electron chi connectivity index (χ2n) is 9.35. The van der Waals surface area contributed by atoms with E-state index in [1.165, 1.54) is 6.92 Å². The summed E-state index contributed by atoms with van der Waals surface area (Å²) in [5, 5.41) is 17.3. The van der Waals surface area contributed by atoms with Crippen molar-refractivity contribution in [3.8, 4) is 5.75 Å². The Bertz CT molecular complexity index is 952. The predicted octanol–water partition coefficient (Wildman–Crippen LogP) is 3.32. The molecular formula is C23H32F3N5O3. The van der Waals surface area contributed by atoms with Crippen molar-refractivity contribution in [3.63, 3.8) is 0 Å². The highest BCUT2D eigenvalue weighted by atomic mass is 19.2. The molecule has 188 valence electrons. The molecule has 2 fully saturated rings. The van der Waals surface area contributed by atoms with E-state index in [0.717, 1.165) is 44.9 Å². The molecule has 3 atom stereocenters. The Kier molecular flexibility index (Phi) is 7.74. The Morgan fingerprint density at radius 1 is 1.12 bits per heavy atom. The van der Waals surface area contributed by atoms with Crippen molar-refractivity contribution < 1.29 is 27.9 Å². The normalized spacial score (nSPS) is 22.0. The zero-order chi connectivity index (χ0) is 25.3. The minimum atomic E-state index is -1.74. The van der Waals surface area contributed by atoms with Crippen molar-refractivity contribution in [2.45, 2.75) is 83.5 Å². The van der Waals surface area contributed by atoms with Crippen LogP contribution in [0.2, 0.25) is 0 Å². The van der Waals surface area contributed by atoms with Gasteiger partial charge in [0.1, 0.15) is 5.84 Å². The molecule has 1 saturated heterocycles. The van der Waals surface area contributed by atoms with Crippen LogP contribution in [0, 0.1) is 28.8 Å². The number of phenolic OH excluding ortho intramolecular Hbond substituents is 1. The van der Waals surface area contributed by atoms with Crippen LogP contribution < -0.4 is 11.5 Å². The average molecular weight is 484 g/mol. The van der Waals surface area contributed by atoms with Gasteiger partial charge in [0.15, 0.2) is 23.2 Å². The molecular weight excluding hydrogens is 451 g/mol. The first-order valence-corrected chi connectivity index (χ1v) is 11.6. The molecule has 0 radical (unpaired) electrons. The van der Waals surface area contributed by atoms with Crippen molar-refractivity contribution in [1.82, 2.24) is 9.80 Å². The second kappa shape index (κ2) is 10.2. The molecule has 8 nitrogen and oxygen atoms in total. The molecule has 1 aromatic carbocycles. The van der Waals surface area contributed by atoms with E-state index < -0.39 is 64.7 Å². The molecule has 11 heteroatoms. The summed E-state index contributed by atoms with van der Waals surface area (Å²) in [6.07, 6.45) is 6.62. The maximum Gasteiger partial charge on any atom is 0.327 e. The molecule has 2 aliphatic rings. The van der Waals surface area contributed by atoms with Crippen LogP contribution >= 0.6 is 0 Å². The highest BCUT2D eigenvalue weighted by Gasteiger charge is 2.43. The number of rotatable bonds is 5. The highest BCUT2D eigenvalue weighted by Crippen LogP contribution is 2.38. The van der Waals surface area contributed by atoms with E-state index in [9.17, 15) is 27.9 Å². The smallest absolute Gasteiger partial charge is 0.327 e. The van der Waals surface area contributed by atoms with E-state index in [4.69, 9.17) is 16.9 Å². The highest BCUT2D eigenvalue weighted by molar-refractivity contribution is 5.98. The molecule has 1 aliphatic carbocycles. The van der Waals surface area contributed by atoms with Crippen LogP contribution in [0.15, 0.2) is 0 Å². The van der Waals surface area contributed by atoms with E-state index in [-0.39, 0.29) is 18.0 Å². The molecule has 6 N–H and O–H groups in total. The van der Waals surface area contributed by atoms with Crippen LogP contribution in [-0.4, -0.2) is 50.8 Å². The third kappa shape index (κ3) is 4.70. The van der Waals surface area contributed by atoms with Gasteiger partial charge in [0.05, 0.1) is 23.7 Å². The van der Waals surface area contributed by atoms with Crippen LogP contribution in [0.3, 0.4) is 0 Å². The third-order valence-electron chi connectivity index (χ3n) is 6.99. The summed E-state index contributed by atoms with van der Waals surface area (Å²) in [5.74, 6) is -8.14. The van der Waals surface area contributed by atoms with Gasteiger partial charge in [-0.3, -0.25) is 15.1 Å². The maximum absolute atomic E-state index is 14.9. The first-order chi connectivity index (χ1) is 16.0. The number of carbonyl (C=O) groups is 2. The number of imide groups is 1. The SMILES string of the molecule is C[C@H](N)C(=O)N(Cc1c(F)c(O)c(C(=N)N)c(F)c1F)C(=O)N1C(C2CCCCC2)CC[C@H]1C. The molecule has 1 aliphatic heterocycles. The van der Waals surface area contributed by atoms with Gasteiger partial charge >= 0.3 is 6.03 Å². The van der Waals surface area contributed by atoms with Gasteiger partial charge in [-0.15, -0.1) is 0 Å². The predicted molar refractivity (Wildman–Crippen MR) is 119 cm³/mol. The lowest BCUT2D eigenvalue weighted by Crippen LogP contribution is -2.54. The lowest BCUT2D eigenvalue weighted by Gasteiger charge is -2.38. The van der Waals surface area contributed by atoms with Crippen LogP contribution in [0.4, 0.5) is 18.0 Å². The lowest BCUT2D eigenvalue weighted by atomic mass is 9.83. The molecule has 0 spiro atoms. The number of aromatic hydroxyl groups is 1. The number of hydrogen-bond donors (Lipinski definition) is 4. The Balaban J connectivity index is 2.01. The summed E-state index contributed by atoms with van der Waals surface area (Å²) >= 11 is 0. The van der Waals surface area contributed by atoms with Crippen molar-refractivity contribution in [1.29, 1.82) is 5.41 Å². The number of likely N-dealkylation sites (tertiary alicyclic amines) is 1. The van der Waals surface area contributed by atoms with Gasteiger partial charge in [0.2, 0.25) is 5.91 Å². The van der Waals surface area contributed by atoms with Gasteiger partial charge in [0, 0.05) is 12.1 Å². The molecule has 1 saturated carbocycles. The van der Waals surface area contributed by atoms with Crippen LogP contribution in [-0.2, 0) is 11.3 Å². The van der Waals surface area contributed by atoms with Gasteiger partial charge < -0.3 is 21.5 Å². The first-order valence-electron chi connectivity index (χ1n) is 11.6. The topological polar surface area (TPSA) is 137 Å². The van der Waals surface area contributed by atoms with E-state index in [0.29, 0.717) is 4.90 Å². The number of nitrogens with zero attached hydrogens (tertiary/aromatic N) is 2. The van der Waals surface area contributed by atoms with Crippen molar-refractivity contribution in [3.05, 3.63) is 28.6 Å². The third-order valence-corrected chi connectivity index (χ3v) is 6.99. The summed E-state index contributed by atoms with van der Waals surface area (Å²) in [7, 11) is 0. The standard InChI is InChI=1S/C23H32F3N5O3/c1-11-8-9-15(13-6-4-3-5-7-13)31(11)23(34)30(22(33)12(2)27)10-14-17(24)19(26)16(21(28)29)20(32)18(14)25/h11-13,15,32H,3-10,27H2,1-2H3,(H3,28,29)/t11-,12+,15?/m1/s1. The summed E-state index contributed by atoms with van der Waals surface area (Å²) in [5.41, 5.74) is 8.71. The van der Waals surface area contributed by atoms with E-state index in [1.807, 2.05) is 6.92 Å². The Labute approximate surface area is 196 Å². The van der Waals surface area contributed by atoms with Crippen LogP contribution in [0.5, 0.6) is 5.75 Å². The molecule has 3 amide bonds. The number of nitrogens with two attached hydrogens (primary N) is 2. The summed E-state index contributed by atoms with van der Waals surface area (Å²) in [6.45, 7) is 2.21. The fourth-order valence-electron chi connectivity index (χ4n) is 5.19. The first kappa shape index (κ1) is 25.8. The van der Waals surface area contributed by atoms with Crippen LogP contribution in [0.25, 0.3) is 0 Å². The monoisotopic (exact) mass is 483 g/mol. The molecule has 1 heterocycles. The average Bonchev–Trinajstić information content (AvgIpc) is 3.18. The van der Waals surface area contributed by atoms with Gasteiger partial charge in [-0.1, -0.05) is 19.3 Å². The molecule has 0 bridgehead atoms.